The fourth-order valence-corrected chi connectivity index (χ4v) is 1.42. The Hall–Kier alpha value is -3.09. The summed E-state index contributed by atoms with van der Waals surface area (Å²) in [5.74, 6) is -0.502. The van der Waals surface area contributed by atoms with E-state index < -0.39 is 10.8 Å². The van der Waals surface area contributed by atoms with Gasteiger partial charge in [0.2, 0.25) is 5.91 Å². The summed E-state index contributed by atoms with van der Waals surface area (Å²) in [5, 5.41) is 22.1. The van der Waals surface area contributed by atoms with Crippen LogP contribution in [0.25, 0.3) is 6.08 Å². The Labute approximate surface area is 113 Å². The molecule has 2 aromatic rings. The molecule has 1 heterocycles. The average Bonchev–Trinajstić information content (AvgIpc) is 2.88. The average molecular weight is 274 g/mol. The van der Waals surface area contributed by atoms with Gasteiger partial charge in [-0.3, -0.25) is 14.9 Å². The molecule has 0 spiro atoms. The lowest BCUT2D eigenvalue weighted by molar-refractivity contribution is -0.402. The number of hydrogen-bond donors (Lipinski definition) is 2. The molecule has 0 saturated heterocycles. The predicted molar refractivity (Wildman–Crippen MR) is 71.1 cm³/mol. The van der Waals surface area contributed by atoms with Gasteiger partial charge in [-0.15, -0.1) is 0 Å². The van der Waals surface area contributed by atoms with Crippen molar-refractivity contribution in [2.75, 3.05) is 5.32 Å². The zero-order valence-corrected chi connectivity index (χ0v) is 10.1. The maximum Gasteiger partial charge on any atom is 0.433 e. The lowest BCUT2D eigenvalue weighted by atomic mass is 10.3. The maximum absolute atomic E-state index is 11.6. The van der Waals surface area contributed by atoms with Crippen molar-refractivity contribution in [3.8, 4) is 5.75 Å². The van der Waals surface area contributed by atoms with Gasteiger partial charge in [-0.25, -0.2) is 0 Å². The summed E-state index contributed by atoms with van der Waals surface area (Å²) in [6, 6.07) is 8.56. The lowest BCUT2D eigenvalue weighted by Crippen LogP contribution is -2.07. The Balaban J connectivity index is 1.98. The van der Waals surface area contributed by atoms with E-state index in [1.54, 1.807) is 12.1 Å². The summed E-state index contributed by atoms with van der Waals surface area (Å²) in [6.45, 7) is 0. The minimum Gasteiger partial charge on any atom is -0.508 e. The number of rotatable bonds is 4. The number of nitrogens with one attached hydrogen (secondary N) is 1. The number of phenols is 1. The Morgan fingerprint density at radius 2 is 1.95 bits per heavy atom. The number of hydrogen-bond acceptors (Lipinski definition) is 5. The molecule has 0 fully saturated rings. The van der Waals surface area contributed by atoms with Gasteiger partial charge in [-0.1, -0.05) is 0 Å². The van der Waals surface area contributed by atoms with Gasteiger partial charge in [-0.2, -0.15) is 0 Å². The van der Waals surface area contributed by atoms with Crippen LogP contribution in [-0.2, 0) is 4.79 Å². The van der Waals surface area contributed by atoms with E-state index >= 15 is 0 Å². The molecule has 0 saturated carbocycles. The fourth-order valence-electron chi connectivity index (χ4n) is 1.42. The van der Waals surface area contributed by atoms with Crippen LogP contribution in [0.5, 0.6) is 5.75 Å². The number of phenolic OH excluding ortho intramolecular Hbond substituents is 1. The maximum atomic E-state index is 11.6. The number of nitrogens with zero attached hydrogens (tertiary/aromatic N) is 1. The molecule has 20 heavy (non-hydrogen) atoms. The zero-order valence-electron chi connectivity index (χ0n) is 10.1. The summed E-state index contributed by atoms with van der Waals surface area (Å²) < 4.78 is 4.86. The highest BCUT2D eigenvalue weighted by Crippen LogP contribution is 2.17. The Morgan fingerprint density at radius 1 is 1.25 bits per heavy atom. The zero-order chi connectivity index (χ0) is 14.5. The minimum absolute atomic E-state index is 0.0986. The molecule has 2 N–H and O–H groups in total. The van der Waals surface area contributed by atoms with Gasteiger partial charge in [0.05, 0.1) is 6.07 Å². The molecular weight excluding hydrogens is 264 g/mol. The number of benzene rings is 1. The number of nitro groups is 1. The summed E-state index contributed by atoms with van der Waals surface area (Å²) in [4.78, 5) is 21.3. The second-order valence-electron chi connectivity index (χ2n) is 3.80. The standard InChI is InChI=1S/C13H10N2O5/c16-10-3-1-9(2-4-10)14-12(17)7-5-11-6-8-13(20-11)15(18)19/h1-8,16H,(H,14,17)/b7-5+. The third-order valence-corrected chi connectivity index (χ3v) is 2.33. The van der Waals surface area contributed by atoms with Gasteiger partial charge >= 0.3 is 5.88 Å². The van der Waals surface area contributed by atoms with Crippen LogP contribution in [-0.4, -0.2) is 15.9 Å². The number of carbonyl (C=O) groups excluding carboxylic acids is 1. The SMILES string of the molecule is O=C(/C=C/c1ccc([N+](=O)[O-])o1)Nc1ccc(O)cc1. The van der Waals surface area contributed by atoms with Crippen molar-refractivity contribution in [1.82, 2.24) is 0 Å². The van der Waals surface area contributed by atoms with E-state index in [9.17, 15) is 14.9 Å². The van der Waals surface area contributed by atoms with E-state index in [0.29, 0.717) is 5.69 Å². The van der Waals surface area contributed by atoms with Crippen LogP contribution in [0.2, 0.25) is 0 Å². The number of amides is 1. The minimum atomic E-state index is -0.659. The molecule has 0 radical (unpaired) electrons. The van der Waals surface area contributed by atoms with Crippen molar-refractivity contribution in [1.29, 1.82) is 0 Å². The summed E-state index contributed by atoms with van der Waals surface area (Å²) >= 11 is 0. The third-order valence-electron chi connectivity index (χ3n) is 2.33. The van der Waals surface area contributed by atoms with Crippen LogP contribution in [0, 0.1) is 10.1 Å². The Bertz CT molecular complexity index is 658. The Kier molecular flexibility index (Phi) is 3.80. The van der Waals surface area contributed by atoms with Crippen molar-refractivity contribution < 1.29 is 19.2 Å². The molecule has 0 aliphatic heterocycles. The molecule has 0 aliphatic rings. The fraction of sp³-hybridized carbons (Fsp3) is 0. The molecule has 0 unspecified atom stereocenters. The monoisotopic (exact) mass is 274 g/mol. The van der Waals surface area contributed by atoms with Gasteiger partial charge < -0.3 is 14.8 Å². The highest BCUT2D eigenvalue weighted by Gasteiger charge is 2.10. The molecule has 7 nitrogen and oxygen atoms in total. The topological polar surface area (TPSA) is 106 Å². The first-order valence-electron chi connectivity index (χ1n) is 5.57. The molecule has 0 bridgehead atoms. The number of aromatic hydroxyl groups is 1. The second-order valence-corrected chi connectivity index (χ2v) is 3.80. The van der Waals surface area contributed by atoms with Crippen LogP contribution in [0.4, 0.5) is 11.6 Å². The molecule has 2 rings (SSSR count). The van der Waals surface area contributed by atoms with Gasteiger partial charge in [0, 0.05) is 11.8 Å². The van der Waals surface area contributed by atoms with Crippen molar-refractivity contribution in [2.24, 2.45) is 0 Å². The summed E-state index contributed by atoms with van der Waals surface area (Å²) in [6.07, 6.45) is 2.51. The number of carbonyl (C=O) groups is 1. The second kappa shape index (κ2) is 5.70. The third kappa shape index (κ3) is 3.45. The van der Waals surface area contributed by atoms with Crippen molar-refractivity contribution in [2.45, 2.75) is 0 Å². The number of furan rings is 1. The largest absolute Gasteiger partial charge is 0.508 e. The molecule has 0 aliphatic carbocycles. The molecule has 1 aromatic carbocycles. The van der Waals surface area contributed by atoms with E-state index in [2.05, 4.69) is 5.32 Å². The highest BCUT2D eigenvalue weighted by atomic mass is 16.6. The van der Waals surface area contributed by atoms with E-state index in [1.807, 2.05) is 0 Å². The lowest BCUT2D eigenvalue weighted by Gasteiger charge is -2.01. The molecule has 1 aromatic heterocycles. The quantitative estimate of drug-likeness (QED) is 0.385. The first kappa shape index (κ1) is 13.3. The van der Waals surface area contributed by atoms with Gasteiger partial charge in [0.15, 0.2) is 0 Å². The van der Waals surface area contributed by atoms with Gasteiger partial charge in [0.1, 0.15) is 16.4 Å². The van der Waals surface area contributed by atoms with E-state index in [4.69, 9.17) is 9.52 Å². The molecule has 7 heteroatoms. The highest BCUT2D eigenvalue weighted by molar-refractivity contribution is 6.01. The molecule has 0 atom stereocenters. The van der Waals surface area contributed by atoms with Crippen LogP contribution in [0.15, 0.2) is 46.9 Å². The summed E-state index contributed by atoms with van der Waals surface area (Å²) in [5.41, 5.74) is 0.517. The van der Waals surface area contributed by atoms with Crippen LogP contribution < -0.4 is 5.32 Å². The first-order valence-corrected chi connectivity index (χ1v) is 5.57. The van der Waals surface area contributed by atoms with Gasteiger partial charge in [-0.05, 0) is 36.4 Å². The van der Waals surface area contributed by atoms with Crippen molar-refractivity contribution >= 4 is 23.6 Å². The predicted octanol–water partition coefficient (Wildman–Crippen LogP) is 2.55. The van der Waals surface area contributed by atoms with Crippen LogP contribution in [0.3, 0.4) is 0 Å². The number of anilines is 1. The van der Waals surface area contributed by atoms with Crippen LogP contribution in [0.1, 0.15) is 5.76 Å². The van der Waals surface area contributed by atoms with Gasteiger partial charge in [0.25, 0.3) is 0 Å². The van der Waals surface area contributed by atoms with E-state index in [-0.39, 0.29) is 17.4 Å². The van der Waals surface area contributed by atoms with E-state index in [1.165, 1.54) is 36.4 Å². The smallest absolute Gasteiger partial charge is 0.433 e. The first-order chi connectivity index (χ1) is 9.54. The summed E-state index contributed by atoms with van der Waals surface area (Å²) in [7, 11) is 0. The van der Waals surface area contributed by atoms with E-state index in [0.717, 1.165) is 0 Å². The Morgan fingerprint density at radius 3 is 2.55 bits per heavy atom. The van der Waals surface area contributed by atoms with Crippen LogP contribution >= 0.6 is 0 Å². The molecule has 102 valence electrons. The molecule has 1 amide bonds. The normalized spacial score (nSPS) is 10.6. The molecular formula is C13H10N2O5. The van der Waals surface area contributed by atoms with Crippen molar-refractivity contribution in [3.05, 3.63) is 58.3 Å². The van der Waals surface area contributed by atoms with Crippen molar-refractivity contribution in [3.63, 3.8) is 0 Å².